The molecule has 1 fully saturated rings. The fraction of sp³-hybridized carbons (Fsp3) is 0.560. The molecule has 2 aliphatic rings. The summed E-state index contributed by atoms with van der Waals surface area (Å²) in [6.45, 7) is 9.71. The number of amides is 1. The monoisotopic (exact) mass is 452 g/mol. The number of hydrogen-bond acceptors (Lipinski definition) is 6. The van der Waals surface area contributed by atoms with Crippen LogP contribution in [0.3, 0.4) is 0 Å². The van der Waals surface area contributed by atoms with Crippen molar-refractivity contribution in [1.29, 1.82) is 5.26 Å². The van der Waals surface area contributed by atoms with Gasteiger partial charge in [0.15, 0.2) is 0 Å². The van der Waals surface area contributed by atoms with E-state index in [1.165, 1.54) is 0 Å². The van der Waals surface area contributed by atoms with Crippen molar-refractivity contribution in [2.24, 2.45) is 0 Å². The number of aromatic nitrogens is 1. The maximum Gasteiger partial charge on any atom is 0.255 e. The van der Waals surface area contributed by atoms with Crippen molar-refractivity contribution in [2.45, 2.75) is 65.0 Å². The lowest BCUT2D eigenvalue weighted by Crippen LogP contribution is -2.54. The Kier molecular flexibility index (Phi) is 7.12. The lowest BCUT2D eigenvalue weighted by molar-refractivity contribution is 0.0674. The topological polar surface area (TPSA) is 69.5 Å². The van der Waals surface area contributed by atoms with Crippen LogP contribution in [0, 0.1) is 11.3 Å². The normalized spacial score (nSPS) is 19.4. The summed E-state index contributed by atoms with van der Waals surface area (Å²) in [7, 11) is 0. The van der Waals surface area contributed by atoms with Gasteiger partial charge in [-0.2, -0.15) is 16.6 Å². The van der Waals surface area contributed by atoms with E-state index >= 15 is 0 Å². The lowest BCUT2D eigenvalue weighted by Gasteiger charge is -2.41. The number of unbranched alkanes of at least 4 members (excludes halogenated alkanes) is 1. The first kappa shape index (κ1) is 22.8. The first-order chi connectivity index (χ1) is 15.5. The summed E-state index contributed by atoms with van der Waals surface area (Å²) in [6.07, 6.45) is 4.16. The Labute approximate surface area is 194 Å². The lowest BCUT2D eigenvalue weighted by atomic mass is 9.89. The molecule has 0 radical (unpaired) electrons. The highest BCUT2D eigenvalue weighted by Gasteiger charge is 2.32. The van der Waals surface area contributed by atoms with Crippen LogP contribution in [0.4, 0.5) is 5.82 Å². The van der Waals surface area contributed by atoms with Gasteiger partial charge in [-0.1, -0.05) is 26.7 Å². The van der Waals surface area contributed by atoms with Gasteiger partial charge < -0.3 is 14.5 Å². The molecule has 32 heavy (non-hydrogen) atoms. The minimum absolute atomic E-state index is 0.0461. The SMILES string of the molecule is CCCCC(C)c1nc(N2CCN(C(=O)c3ccsc3)[C@H](C)C2)c(C#N)c2c1COCC2. The average molecular weight is 453 g/mol. The molecule has 0 N–H and O–H groups in total. The predicted molar refractivity (Wildman–Crippen MR) is 127 cm³/mol. The number of carbonyl (C=O) groups excluding carboxylic acids is 1. The van der Waals surface area contributed by atoms with Gasteiger partial charge in [0.05, 0.1) is 30.0 Å². The van der Waals surface area contributed by atoms with Gasteiger partial charge in [0, 0.05) is 36.6 Å². The number of anilines is 1. The van der Waals surface area contributed by atoms with Gasteiger partial charge in [-0.15, -0.1) is 0 Å². The highest BCUT2D eigenvalue weighted by Crippen LogP contribution is 2.35. The Morgan fingerprint density at radius 3 is 2.94 bits per heavy atom. The quantitative estimate of drug-likeness (QED) is 0.634. The fourth-order valence-electron chi connectivity index (χ4n) is 4.87. The van der Waals surface area contributed by atoms with E-state index in [1.807, 2.05) is 21.7 Å². The first-order valence-electron chi connectivity index (χ1n) is 11.7. The average Bonchev–Trinajstić information content (AvgIpc) is 3.36. The van der Waals surface area contributed by atoms with Crippen LogP contribution >= 0.6 is 11.3 Å². The molecule has 0 aromatic carbocycles. The molecule has 2 aromatic heterocycles. The number of piperazine rings is 1. The van der Waals surface area contributed by atoms with Crippen LogP contribution in [-0.4, -0.2) is 48.1 Å². The summed E-state index contributed by atoms with van der Waals surface area (Å²) in [5.41, 5.74) is 4.78. The van der Waals surface area contributed by atoms with Crippen LogP contribution in [0.5, 0.6) is 0 Å². The van der Waals surface area contributed by atoms with Gasteiger partial charge in [-0.25, -0.2) is 4.98 Å². The maximum absolute atomic E-state index is 12.9. The van der Waals surface area contributed by atoms with E-state index in [0.29, 0.717) is 44.3 Å². The molecule has 170 valence electrons. The molecular weight excluding hydrogens is 420 g/mol. The van der Waals surface area contributed by atoms with Crippen molar-refractivity contribution in [1.82, 2.24) is 9.88 Å². The highest BCUT2D eigenvalue weighted by atomic mass is 32.1. The van der Waals surface area contributed by atoms with E-state index in [1.54, 1.807) is 11.3 Å². The third-order valence-electron chi connectivity index (χ3n) is 6.69. The molecule has 1 unspecified atom stereocenters. The minimum Gasteiger partial charge on any atom is -0.376 e. The second-order valence-corrected chi connectivity index (χ2v) is 9.70. The molecule has 2 aromatic rings. The van der Waals surface area contributed by atoms with Gasteiger partial charge in [0.1, 0.15) is 11.9 Å². The number of fused-ring (bicyclic) bond motifs is 1. The molecule has 4 heterocycles. The van der Waals surface area contributed by atoms with Gasteiger partial charge in [0.2, 0.25) is 0 Å². The summed E-state index contributed by atoms with van der Waals surface area (Å²) in [4.78, 5) is 22.2. The number of ether oxygens (including phenoxy) is 1. The summed E-state index contributed by atoms with van der Waals surface area (Å²) in [5.74, 6) is 1.21. The molecule has 2 atom stereocenters. The number of thiophene rings is 1. The van der Waals surface area contributed by atoms with Gasteiger partial charge in [-0.3, -0.25) is 4.79 Å². The Bertz CT molecular complexity index is 998. The zero-order valence-electron chi connectivity index (χ0n) is 19.3. The van der Waals surface area contributed by atoms with Crippen LogP contribution in [0.15, 0.2) is 16.8 Å². The van der Waals surface area contributed by atoms with Crippen LogP contribution < -0.4 is 4.90 Å². The smallest absolute Gasteiger partial charge is 0.255 e. The molecule has 0 saturated carbocycles. The zero-order valence-corrected chi connectivity index (χ0v) is 20.1. The van der Waals surface area contributed by atoms with Gasteiger partial charge in [-0.05, 0) is 42.7 Å². The number of pyridine rings is 1. The molecule has 4 rings (SSSR count). The van der Waals surface area contributed by atoms with Crippen molar-refractivity contribution in [3.63, 3.8) is 0 Å². The number of nitriles is 1. The standard InChI is InChI=1S/C25H32N4O2S/c1-4-5-6-17(2)23-22-15-31-11-7-20(22)21(13-26)24(27-23)28-9-10-29(18(3)14-28)25(30)19-8-12-32-16-19/h8,12,16-18H,4-7,9-11,14-15H2,1-3H3/t17?,18-/m1/s1. The first-order valence-corrected chi connectivity index (χ1v) is 12.6. The summed E-state index contributed by atoms with van der Waals surface area (Å²) in [6, 6.07) is 4.39. The second-order valence-electron chi connectivity index (χ2n) is 8.92. The number of carbonyl (C=O) groups is 1. The Morgan fingerprint density at radius 1 is 1.41 bits per heavy atom. The van der Waals surface area contributed by atoms with Crippen molar-refractivity contribution >= 4 is 23.1 Å². The number of nitrogens with zero attached hydrogens (tertiary/aromatic N) is 4. The summed E-state index contributed by atoms with van der Waals surface area (Å²) < 4.78 is 5.76. The minimum atomic E-state index is 0.0461. The van der Waals surface area contributed by atoms with Crippen molar-refractivity contribution < 1.29 is 9.53 Å². The number of hydrogen-bond donors (Lipinski definition) is 0. The molecule has 0 bridgehead atoms. The molecule has 2 aliphatic heterocycles. The Morgan fingerprint density at radius 2 is 2.25 bits per heavy atom. The fourth-order valence-corrected chi connectivity index (χ4v) is 5.50. The van der Waals surface area contributed by atoms with Crippen LogP contribution in [0.25, 0.3) is 0 Å². The third kappa shape index (κ3) is 4.39. The molecule has 6 nitrogen and oxygen atoms in total. The van der Waals surface area contributed by atoms with Crippen molar-refractivity contribution in [2.75, 3.05) is 31.1 Å². The second kappa shape index (κ2) is 10.0. The number of rotatable bonds is 6. The molecule has 1 amide bonds. The van der Waals surface area contributed by atoms with Crippen LogP contribution in [-0.2, 0) is 17.8 Å². The third-order valence-corrected chi connectivity index (χ3v) is 7.38. The summed E-state index contributed by atoms with van der Waals surface area (Å²) >= 11 is 1.54. The predicted octanol–water partition coefficient (Wildman–Crippen LogP) is 4.73. The Balaban J connectivity index is 1.64. The molecule has 0 aliphatic carbocycles. The van der Waals surface area contributed by atoms with E-state index in [9.17, 15) is 10.1 Å². The maximum atomic E-state index is 12.9. The van der Waals surface area contributed by atoms with E-state index in [-0.39, 0.29) is 11.9 Å². The highest BCUT2D eigenvalue weighted by molar-refractivity contribution is 7.08. The molecule has 1 saturated heterocycles. The Hall–Kier alpha value is -2.43. The van der Waals surface area contributed by atoms with Crippen LogP contribution in [0.2, 0.25) is 0 Å². The van der Waals surface area contributed by atoms with Gasteiger partial charge >= 0.3 is 0 Å². The largest absolute Gasteiger partial charge is 0.376 e. The van der Waals surface area contributed by atoms with Crippen molar-refractivity contribution in [3.8, 4) is 6.07 Å². The summed E-state index contributed by atoms with van der Waals surface area (Å²) in [5, 5.41) is 13.9. The van der Waals surface area contributed by atoms with E-state index in [4.69, 9.17) is 9.72 Å². The van der Waals surface area contributed by atoms with E-state index in [0.717, 1.165) is 53.9 Å². The van der Waals surface area contributed by atoms with Crippen molar-refractivity contribution in [3.05, 3.63) is 44.8 Å². The molecule has 0 spiro atoms. The molecule has 7 heteroatoms. The molecular formula is C25H32N4O2S. The van der Waals surface area contributed by atoms with Gasteiger partial charge in [0.25, 0.3) is 5.91 Å². The van der Waals surface area contributed by atoms with Crippen LogP contribution in [0.1, 0.15) is 78.7 Å². The van der Waals surface area contributed by atoms with E-state index in [2.05, 4.69) is 31.7 Å². The zero-order chi connectivity index (χ0) is 22.7. The van der Waals surface area contributed by atoms with E-state index < -0.39 is 0 Å².